The summed E-state index contributed by atoms with van der Waals surface area (Å²) in [7, 11) is 0. The summed E-state index contributed by atoms with van der Waals surface area (Å²) in [5, 5.41) is 5.97. The largest absolute Gasteiger partial charge is 0.381 e. The van der Waals surface area contributed by atoms with E-state index in [-0.39, 0.29) is 24.2 Å². The van der Waals surface area contributed by atoms with Crippen LogP contribution < -0.4 is 11.1 Å². The fourth-order valence-electron chi connectivity index (χ4n) is 2.77. The minimum Gasteiger partial charge on any atom is -0.381 e. The van der Waals surface area contributed by atoms with E-state index in [4.69, 9.17) is 10.5 Å². The Hall–Kier alpha value is -1.47. The maximum atomic E-state index is 12.4. The van der Waals surface area contributed by atoms with E-state index in [1.807, 2.05) is 36.6 Å². The molecule has 24 heavy (non-hydrogen) atoms. The van der Waals surface area contributed by atoms with Gasteiger partial charge in [0, 0.05) is 29.8 Å². The zero-order valence-corrected chi connectivity index (χ0v) is 15.2. The maximum Gasteiger partial charge on any atom is 0.241 e. The van der Waals surface area contributed by atoms with Gasteiger partial charge in [-0.2, -0.15) is 0 Å². The van der Waals surface area contributed by atoms with Gasteiger partial charge in [-0.05, 0) is 37.8 Å². The molecule has 3 N–H and O–H groups in total. The van der Waals surface area contributed by atoms with Crippen LogP contribution in [-0.2, 0) is 9.53 Å². The van der Waals surface area contributed by atoms with E-state index < -0.39 is 6.04 Å². The van der Waals surface area contributed by atoms with Crippen molar-refractivity contribution < 1.29 is 9.53 Å². The van der Waals surface area contributed by atoms with Gasteiger partial charge in [0.2, 0.25) is 5.91 Å². The van der Waals surface area contributed by atoms with Gasteiger partial charge >= 0.3 is 0 Å². The van der Waals surface area contributed by atoms with Crippen molar-refractivity contribution in [3.63, 3.8) is 0 Å². The second-order valence-corrected chi connectivity index (χ2v) is 6.86. The maximum absolute atomic E-state index is 12.4. The minimum absolute atomic E-state index is 0. The van der Waals surface area contributed by atoms with E-state index in [9.17, 15) is 4.79 Å². The molecule has 2 heterocycles. The molecule has 1 saturated heterocycles. The van der Waals surface area contributed by atoms with Gasteiger partial charge in [-0.15, -0.1) is 23.7 Å². The van der Waals surface area contributed by atoms with Gasteiger partial charge in [-0.1, -0.05) is 12.1 Å². The number of aryl methyl sites for hydroxylation is 1. The molecule has 0 spiro atoms. The molecule has 1 aromatic carbocycles. The van der Waals surface area contributed by atoms with Crippen LogP contribution in [0.15, 0.2) is 29.6 Å². The van der Waals surface area contributed by atoms with E-state index in [1.54, 1.807) is 11.3 Å². The smallest absolute Gasteiger partial charge is 0.241 e. The number of anilines is 1. The van der Waals surface area contributed by atoms with E-state index in [2.05, 4.69) is 10.3 Å². The Morgan fingerprint density at radius 1 is 1.42 bits per heavy atom. The number of rotatable bonds is 4. The Morgan fingerprint density at radius 2 is 2.17 bits per heavy atom. The number of carbonyl (C=O) groups is 1. The number of benzene rings is 1. The fraction of sp³-hybridized carbons (Fsp3) is 0.412. The minimum atomic E-state index is -0.496. The van der Waals surface area contributed by atoms with Crippen molar-refractivity contribution in [3.05, 3.63) is 34.7 Å². The first-order chi connectivity index (χ1) is 11.1. The molecule has 130 valence electrons. The molecule has 1 amide bonds. The first-order valence-electron chi connectivity index (χ1n) is 7.80. The van der Waals surface area contributed by atoms with Gasteiger partial charge in [0.1, 0.15) is 0 Å². The van der Waals surface area contributed by atoms with Crippen molar-refractivity contribution >= 4 is 35.3 Å². The van der Waals surface area contributed by atoms with Crippen LogP contribution in [0.5, 0.6) is 0 Å². The normalized spacial score (nSPS) is 16.2. The van der Waals surface area contributed by atoms with Crippen molar-refractivity contribution in [1.29, 1.82) is 0 Å². The Morgan fingerprint density at radius 3 is 2.83 bits per heavy atom. The second kappa shape index (κ2) is 8.58. The van der Waals surface area contributed by atoms with E-state index in [0.29, 0.717) is 13.2 Å². The summed E-state index contributed by atoms with van der Waals surface area (Å²) in [6, 6.07) is 7.21. The van der Waals surface area contributed by atoms with Crippen LogP contribution in [0.4, 0.5) is 5.69 Å². The van der Waals surface area contributed by atoms with Crippen molar-refractivity contribution in [2.75, 3.05) is 18.5 Å². The molecule has 1 aromatic heterocycles. The summed E-state index contributed by atoms with van der Waals surface area (Å²) in [4.78, 5) is 16.9. The Kier molecular flexibility index (Phi) is 6.74. The molecule has 1 unspecified atom stereocenters. The molecule has 5 nitrogen and oxygen atoms in total. The highest BCUT2D eigenvalue weighted by molar-refractivity contribution is 7.09. The monoisotopic (exact) mass is 367 g/mol. The van der Waals surface area contributed by atoms with Crippen LogP contribution in [-0.4, -0.2) is 30.1 Å². The fourth-order valence-corrected chi connectivity index (χ4v) is 3.39. The standard InChI is InChI=1S/C17H21N3O2S.ClH/c1-11-19-15(10-23-11)13-3-2-4-14(9-13)20-17(21)16(18)12-5-7-22-8-6-12;/h2-4,9-10,12,16H,5-8,18H2,1H3,(H,20,21);1H. The Bertz CT molecular complexity index is 686. The van der Waals surface area contributed by atoms with Crippen molar-refractivity contribution in [1.82, 2.24) is 4.98 Å². The predicted molar refractivity (Wildman–Crippen MR) is 99.7 cm³/mol. The number of hydrogen-bond donors (Lipinski definition) is 2. The lowest BCUT2D eigenvalue weighted by atomic mass is 9.92. The summed E-state index contributed by atoms with van der Waals surface area (Å²) in [6.45, 7) is 3.35. The van der Waals surface area contributed by atoms with Gasteiger partial charge in [-0.25, -0.2) is 4.98 Å². The first-order valence-corrected chi connectivity index (χ1v) is 8.68. The lowest BCUT2D eigenvalue weighted by molar-refractivity contribution is -0.119. The summed E-state index contributed by atoms with van der Waals surface area (Å²) in [6.07, 6.45) is 1.68. The van der Waals surface area contributed by atoms with E-state index >= 15 is 0 Å². The van der Waals surface area contributed by atoms with Crippen LogP contribution >= 0.6 is 23.7 Å². The summed E-state index contributed by atoms with van der Waals surface area (Å²) in [5.41, 5.74) is 8.79. The third kappa shape index (κ3) is 4.54. The predicted octanol–water partition coefficient (Wildman–Crippen LogP) is 3.23. The number of nitrogens with two attached hydrogens (primary N) is 1. The number of amides is 1. The molecule has 7 heteroatoms. The second-order valence-electron chi connectivity index (χ2n) is 5.80. The quantitative estimate of drug-likeness (QED) is 0.869. The number of thiazole rings is 1. The first kappa shape index (κ1) is 18.9. The lowest BCUT2D eigenvalue weighted by Crippen LogP contribution is -2.44. The highest BCUT2D eigenvalue weighted by Gasteiger charge is 2.26. The molecule has 2 aromatic rings. The number of ether oxygens (including phenoxy) is 1. The van der Waals surface area contributed by atoms with E-state index in [0.717, 1.165) is 34.8 Å². The Labute approximate surface area is 152 Å². The number of carbonyl (C=O) groups excluding carboxylic acids is 1. The molecule has 0 saturated carbocycles. The summed E-state index contributed by atoms with van der Waals surface area (Å²) in [5.74, 6) is 0.0524. The van der Waals surface area contributed by atoms with Gasteiger partial charge in [0.15, 0.2) is 0 Å². The topological polar surface area (TPSA) is 77.2 Å². The summed E-state index contributed by atoms with van der Waals surface area (Å²) >= 11 is 1.61. The molecule has 1 fully saturated rings. The van der Waals surface area contributed by atoms with Crippen LogP contribution in [0.3, 0.4) is 0 Å². The molecular weight excluding hydrogens is 346 g/mol. The van der Waals surface area contributed by atoms with Crippen molar-refractivity contribution in [2.45, 2.75) is 25.8 Å². The molecule has 0 bridgehead atoms. The highest BCUT2D eigenvalue weighted by atomic mass is 35.5. The van der Waals surface area contributed by atoms with Gasteiger partial charge < -0.3 is 15.8 Å². The zero-order valence-electron chi connectivity index (χ0n) is 13.5. The average Bonchev–Trinajstić information content (AvgIpc) is 3.02. The van der Waals surface area contributed by atoms with Gasteiger partial charge in [-0.3, -0.25) is 4.79 Å². The number of nitrogens with one attached hydrogen (secondary N) is 1. The highest BCUT2D eigenvalue weighted by Crippen LogP contribution is 2.25. The molecule has 3 rings (SSSR count). The molecule has 0 radical (unpaired) electrons. The molecular formula is C17H22ClN3O2S. The molecule has 1 atom stereocenters. The van der Waals surface area contributed by atoms with Crippen LogP contribution in [0, 0.1) is 12.8 Å². The van der Waals surface area contributed by atoms with Crippen LogP contribution in [0.25, 0.3) is 11.3 Å². The third-order valence-corrected chi connectivity index (χ3v) is 4.89. The lowest BCUT2D eigenvalue weighted by Gasteiger charge is -2.26. The molecule has 1 aliphatic rings. The molecule has 1 aliphatic heterocycles. The number of aromatic nitrogens is 1. The van der Waals surface area contributed by atoms with Crippen LogP contribution in [0.2, 0.25) is 0 Å². The number of nitrogens with zero attached hydrogens (tertiary/aromatic N) is 1. The van der Waals surface area contributed by atoms with Crippen molar-refractivity contribution in [2.24, 2.45) is 11.7 Å². The van der Waals surface area contributed by atoms with Crippen LogP contribution in [0.1, 0.15) is 17.8 Å². The van der Waals surface area contributed by atoms with E-state index in [1.165, 1.54) is 0 Å². The number of halogens is 1. The number of hydrogen-bond acceptors (Lipinski definition) is 5. The van der Waals surface area contributed by atoms with Gasteiger partial charge in [0.05, 0.1) is 16.7 Å². The SMILES string of the molecule is Cc1nc(-c2cccc(NC(=O)C(N)C3CCOCC3)c2)cs1.Cl. The third-order valence-electron chi connectivity index (χ3n) is 4.12. The van der Waals surface area contributed by atoms with Crippen molar-refractivity contribution in [3.8, 4) is 11.3 Å². The zero-order chi connectivity index (χ0) is 16.2. The summed E-state index contributed by atoms with van der Waals surface area (Å²) < 4.78 is 5.32. The Balaban J connectivity index is 0.00000208. The van der Waals surface area contributed by atoms with Gasteiger partial charge in [0.25, 0.3) is 0 Å². The average molecular weight is 368 g/mol. The molecule has 0 aliphatic carbocycles.